The van der Waals surface area contributed by atoms with Crippen LogP contribution in [0.15, 0.2) is 0 Å². The Morgan fingerprint density at radius 1 is 1.37 bits per heavy atom. The molecule has 0 radical (unpaired) electrons. The predicted octanol–water partition coefficient (Wildman–Crippen LogP) is 1.44. The van der Waals surface area contributed by atoms with Crippen molar-refractivity contribution >= 4 is 0 Å². The highest BCUT2D eigenvalue weighted by Crippen LogP contribution is 2.24. The summed E-state index contributed by atoms with van der Waals surface area (Å²) < 4.78 is 0. The molecule has 2 fully saturated rings. The normalized spacial score (nSPS) is 27.4. The summed E-state index contributed by atoms with van der Waals surface area (Å²) in [5.74, 6) is 0. The molecule has 0 amide bonds. The van der Waals surface area contributed by atoms with Crippen LogP contribution in [0.25, 0.3) is 0 Å². The number of likely N-dealkylation sites (tertiary alicyclic amines) is 1. The van der Waals surface area contributed by atoms with Gasteiger partial charge in [-0.25, -0.2) is 0 Å². The van der Waals surface area contributed by atoms with Gasteiger partial charge in [0.2, 0.25) is 0 Å². The molecule has 1 aliphatic carbocycles. The van der Waals surface area contributed by atoms with Crippen molar-refractivity contribution in [3.63, 3.8) is 0 Å². The van der Waals surface area contributed by atoms with E-state index in [-0.39, 0.29) is 5.54 Å². The van der Waals surface area contributed by atoms with E-state index < -0.39 is 0 Å². The van der Waals surface area contributed by atoms with E-state index in [4.69, 9.17) is 0 Å². The van der Waals surface area contributed by atoms with Crippen LogP contribution >= 0.6 is 0 Å². The van der Waals surface area contributed by atoms with E-state index in [1.807, 2.05) is 0 Å². The molecule has 0 aromatic rings. The Bertz CT molecular complexity index is 332. The second-order valence-corrected chi connectivity index (χ2v) is 6.67. The molecule has 0 aromatic heterocycles. The van der Waals surface area contributed by atoms with Gasteiger partial charge in [0, 0.05) is 18.6 Å². The molecule has 19 heavy (non-hydrogen) atoms. The van der Waals surface area contributed by atoms with Crippen molar-refractivity contribution in [3.05, 3.63) is 0 Å². The zero-order valence-corrected chi connectivity index (χ0v) is 12.7. The second kappa shape index (κ2) is 6.21. The van der Waals surface area contributed by atoms with Gasteiger partial charge in [-0.2, -0.15) is 5.26 Å². The van der Waals surface area contributed by atoms with Crippen LogP contribution in [-0.2, 0) is 0 Å². The van der Waals surface area contributed by atoms with Crippen LogP contribution in [0.4, 0.5) is 0 Å². The number of hydrogen-bond acceptors (Lipinski definition) is 4. The summed E-state index contributed by atoms with van der Waals surface area (Å²) in [5.41, 5.74) is -0.318. The van der Waals surface area contributed by atoms with Crippen molar-refractivity contribution in [2.75, 3.05) is 33.7 Å². The average Bonchev–Trinajstić information content (AvgIpc) is 3.04. The first-order valence-corrected chi connectivity index (χ1v) is 7.60. The van der Waals surface area contributed by atoms with Crippen LogP contribution in [-0.4, -0.2) is 61.2 Å². The lowest BCUT2D eigenvalue weighted by Crippen LogP contribution is -2.43. The van der Waals surface area contributed by atoms with Crippen molar-refractivity contribution in [2.45, 2.75) is 56.7 Å². The summed E-state index contributed by atoms with van der Waals surface area (Å²) in [6.45, 7) is 5.58. The Balaban J connectivity index is 1.67. The molecular formula is C15H28N4. The molecule has 2 atom stereocenters. The van der Waals surface area contributed by atoms with Crippen LogP contribution in [0, 0.1) is 11.3 Å². The number of nitrogens with one attached hydrogen (secondary N) is 1. The first-order chi connectivity index (χ1) is 9.02. The van der Waals surface area contributed by atoms with Gasteiger partial charge >= 0.3 is 0 Å². The summed E-state index contributed by atoms with van der Waals surface area (Å²) in [6.07, 6.45) is 5.84. The first kappa shape index (κ1) is 14.8. The van der Waals surface area contributed by atoms with E-state index in [9.17, 15) is 5.26 Å². The summed E-state index contributed by atoms with van der Waals surface area (Å²) in [5, 5.41) is 12.8. The Kier molecular flexibility index (Phi) is 4.83. The molecule has 2 rings (SSSR count). The molecule has 0 aromatic carbocycles. The molecule has 1 heterocycles. The summed E-state index contributed by atoms with van der Waals surface area (Å²) in [6, 6.07) is 3.79. The van der Waals surface area contributed by atoms with E-state index in [1.165, 1.54) is 32.4 Å². The van der Waals surface area contributed by atoms with Gasteiger partial charge in [0.15, 0.2) is 0 Å². The zero-order valence-electron chi connectivity index (χ0n) is 12.7. The van der Waals surface area contributed by atoms with E-state index >= 15 is 0 Å². The van der Waals surface area contributed by atoms with Gasteiger partial charge in [0.25, 0.3) is 0 Å². The third-order valence-corrected chi connectivity index (χ3v) is 4.48. The number of rotatable bonds is 7. The fraction of sp³-hybridized carbons (Fsp3) is 0.933. The molecule has 0 bridgehead atoms. The van der Waals surface area contributed by atoms with Gasteiger partial charge < -0.3 is 9.80 Å². The lowest BCUT2D eigenvalue weighted by atomic mass is 9.97. The lowest BCUT2D eigenvalue weighted by Gasteiger charge is -2.25. The van der Waals surface area contributed by atoms with Crippen molar-refractivity contribution < 1.29 is 0 Å². The molecular weight excluding hydrogens is 236 g/mol. The highest BCUT2D eigenvalue weighted by Gasteiger charge is 2.32. The van der Waals surface area contributed by atoms with Crippen molar-refractivity contribution in [2.24, 2.45) is 0 Å². The number of nitrogens with zero attached hydrogens (tertiary/aromatic N) is 3. The smallest absolute Gasteiger partial charge is 0.104 e. The molecule has 4 nitrogen and oxygen atoms in total. The molecule has 1 saturated heterocycles. The fourth-order valence-corrected chi connectivity index (χ4v) is 2.93. The third kappa shape index (κ3) is 4.45. The summed E-state index contributed by atoms with van der Waals surface area (Å²) in [4.78, 5) is 4.87. The third-order valence-electron chi connectivity index (χ3n) is 4.48. The first-order valence-electron chi connectivity index (χ1n) is 7.60. The van der Waals surface area contributed by atoms with Gasteiger partial charge in [-0.3, -0.25) is 5.32 Å². The number of nitriles is 1. The Hall–Kier alpha value is -0.630. The van der Waals surface area contributed by atoms with Crippen molar-refractivity contribution in [1.29, 1.82) is 5.26 Å². The monoisotopic (exact) mass is 264 g/mol. The standard InChI is InChI=1S/C15H28N4/c1-15(12-16,17-13-5-6-13)8-4-9-19-10-7-14(11-19)18(2)3/h13-14,17H,4-11H2,1-3H3. The quantitative estimate of drug-likeness (QED) is 0.755. The molecule has 108 valence electrons. The van der Waals surface area contributed by atoms with E-state index in [2.05, 4.69) is 42.2 Å². The molecule has 2 aliphatic rings. The highest BCUT2D eigenvalue weighted by atomic mass is 15.2. The Morgan fingerprint density at radius 3 is 2.63 bits per heavy atom. The minimum Gasteiger partial charge on any atom is -0.305 e. The molecule has 1 N–H and O–H groups in total. The number of hydrogen-bond donors (Lipinski definition) is 1. The van der Waals surface area contributed by atoms with Gasteiger partial charge in [-0.15, -0.1) is 0 Å². The highest BCUT2D eigenvalue weighted by molar-refractivity contribution is 5.07. The van der Waals surface area contributed by atoms with Crippen LogP contribution in [0.5, 0.6) is 0 Å². The predicted molar refractivity (Wildman–Crippen MR) is 77.9 cm³/mol. The van der Waals surface area contributed by atoms with Gasteiger partial charge in [0.05, 0.1) is 6.07 Å². The Morgan fingerprint density at radius 2 is 2.11 bits per heavy atom. The van der Waals surface area contributed by atoms with Crippen LogP contribution in [0.3, 0.4) is 0 Å². The Labute approximate surface area is 117 Å². The largest absolute Gasteiger partial charge is 0.305 e. The SMILES string of the molecule is CN(C)C1CCN(CCCC(C)(C#N)NC2CC2)C1. The summed E-state index contributed by atoms with van der Waals surface area (Å²) in [7, 11) is 4.33. The van der Waals surface area contributed by atoms with Gasteiger partial charge in [0.1, 0.15) is 5.54 Å². The zero-order chi connectivity index (χ0) is 13.9. The van der Waals surface area contributed by atoms with Crippen LogP contribution in [0.2, 0.25) is 0 Å². The summed E-state index contributed by atoms with van der Waals surface area (Å²) >= 11 is 0. The van der Waals surface area contributed by atoms with Gasteiger partial charge in [-0.05, 0) is 66.2 Å². The van der Waals surface area contributed by atoms with Crippen LogP contribution in [0.1, 0.15) is 39.0 Å². The van der Waals surface area contributed by atoms with Crippen LogP contribution < -0.4 is 5.32 Å². The maximum atomic E-state index is 9.34. The topological polar surface area (TPSA) is 42.3 Å². The fourth-order valence-electron chi connectivity index (χ4n) is 2.93. The second-order valence-electron chi connectivity index (χ2n) is 6.67. The van der Waals surface area contributed by atoms with E-state index in [1.54, 1.807) is 0 Å². The molecule has 0 spiro atoms. The maximum absolute atomic E-state index is 9.34. The van der Waals surface area contributed by atoms with E-state index in [0.29, 0.717) is 12.1 Å². The lowest BCUT2D eigenvalue weighted by molar-refractivity contribution is 0.259. The maximum Gasteiger partial charge on any atom is 0.104 e. The average molecular weight is 264 g/mol. The van der Waals surface area contributed by atoms with Crippen molar-refractivity contribution in [3.8, 4) is 6.07 Å². The minimum atomic E-state index is -0.318. The molecule has 1 saturated carbocycles. The molecule has 2 unspecified atom stereocenters. The minimum absolute atomic E-state index is 0.318. The van der Waals surface area contributed by atoms with E-state index in [0.717, 1.165) is 19.4 Å². The number of likely N-dealkylation sites (N-methyl/N-ethyl adjacent to an activating group) is 1. The molecule has 4 heteroatoms. The van der Waals surface area contributed by atoms with Gasteiger partial charge in [-0.1, -0.05) is 0 Å². The van der Waals surface area contributed by atoms with Crippen molar-refractivity contribution in [1.82, 2.24) is 15.1 Å². The molecule has 1 aliphatic heterocycles.